The fourth-order valence-corrected chi connectivity index (χ4v) is 2.92. The number of carbonyl (C=O) groups excluding carboxylic acids is 1. The molecule has 0 atom stereocenters. The molecule has 0 spiro atoms. The van der Waals surface area contributed by atoms with Crippen LogP contribution >= 0.6 is 0 Å². The molecule has 0 aliphatic rings. The van der Waals surface area contributed by atoms with E-state index in [0.717, 1.165) is 39.3 Å². The fraction of sp³-hybridized carbons (Fsp3) is 0.150. The Morgan fingerprint density at radius 3 is 2.23 bits per heavy atom. The molecule has 3 rings (SSSR count). The topological polar surface area (TPSA) is 101 Å². The van der Waals surface area contributed by atoms with Crippen LogP contribution in [0.25, 0.3) is 0 Å². The van der Waals surface area contributed by atoms with E-state index in [1.807, 2.05) is 0 Å². The van der Waals surface area contributed by atoms with Crippen molar-refractivity contribution in [1.29, 1.82) is 0 Å². The number of amides is 1. The Kier molecular flexibility index (Phi) is 5.50. The molecule has 0 radical (unpaired) electrons. The van der Waals surface area contributed by atoms with Gasteiger partial charge in [0.2, 0.25) is 0 Å². The Labute approximate surface area is 168 Å². The Balaban J connectivity index is 1.98. The zero-order chi connectivity index (χ0) is 22.1. The van der Waals surface area contributed by atoms with E-state index in [0.29, 0.717) is 0 Å². The van der Waals surface area contributed by atoms with Crippen molar-refractivity contribution in [3.05, 3.63) is 92.1 Å². The second kappa shape index (κ2) is 7.90. The molecule has 10 heteroatoms. The van der Waals surface area contributed by atoms with E-state index >= 15 is 0 Å². The predicted octanol–water partition coefficient (Wildman–Crippen LogP) is 2.46. The number of nitrogen functional groups attached to an aromatic ring is 1. The number of halogens is 3. The van der Waals surface area contributed by atoms with Crippen LogP contribution in [0.3, 0.4) is 0 Å². The van der Waals surface area contributed by atoms with Gasteiger partial charge in [0, 0.05) is 12.6 Å². The fourth-order valence-electron chi connectivity index (χ4n) is 2.92. The highest BCUT2D eigenvalue weighted by atomic mass is 19.4. The van der Waals surface area contributed by atoms with Gasteiger partial charge in [0.05, 0.1) is 12.1 Å². The molecule has 30 heavy (non-hydrogen) atoms. The summed E-state index contributed by atoms with van der Waals surface area (Å²) in [6.45, 7) is 0.0532. The van der Waals surface area contributed by atoms with Gasteiger partial charge in [-0.3, -0.25) is 19.1 Å². The average Bonchev–Trinajstić information content (AvgIpc) is 2.70. The van der Waals surface area contributed by atoms with Crippen molar-refractivity contribution in [2.75, 3.05) is 17.7 Å². The first-order valence-corrected chi connectivity index (χ1v) is 8.71. The van der Waals surface area contributed by atoms with Crippen LogP contribution in [0.1, 0.15) is 21.5 Å². The maximum absolute atomic E-state index is 12.7. The first-order chi connectivity index (χ1) is 14.1. The molecule has 0 saturated carbocycles. The lowest BCUT2D eigenvalue weighted by molar-refractivity contribution is -0.137. The molecule has 3 aromatic rings. The molecule has 0 bridgehead atoms. The summed E-state index contributed by atoms with van der Waals surface area (Å²) in [5.74, 6) is -0.999. The van der Waals surface area contributed by atoms with Crippen LogP contribution in [0.2, 0.25) is 0 Å². The zero-order valence-corrected chi connectivity index (χ0v) is 15.7. The number of aromatic nitrogens is 2. The number of nitrogens with zero attached hydrogens (tertiary/aromatic N) is 2. The molecule has 0 unspecified atom stereocenters. The lowest BCUT2D eigenvalue weighted by Gasteiger charge is -2.20. The van der Waals surface area contributed by atoms with E-state index in [1.165, 1.54) is 7.05 Å². The predicted molar refractivity (Wildman–Crippen MR) is 105 cm³/mol. The summed E-state index contributed by atoms with van der Waals surface area (Å²) in [5.41, 5.74) is 3.87. The summed E-state index contributed by atoms with van der Waals surface area (Å²) in [7, 11) is 1.25. The minimum Gasteiger partial charge on any atom is -0.383 e. The lowest BCUT2D eigenvalue weighted by atomic mass is 10.1. The summed E-state index contributed by atoms with van der Waals surface area (Å²) < 4.78 is 39.3. The summed E-state index contributed by atoms with van der Waals surface area (Å²) in [4.78, 5) is 40.3. The molecule has 156 valence electrons. The number of nitrogens with two attached hydrogens (primary N) is 1. The van der Waals surface area contributed by atoms with E-state index in [2.05, 4.69) is 4.98 Å². The van der Waals surface area contributed by atoms with Gasteiger partial charge in [0.15, 0.2) is 5.69 Å². The van der Waals surface area contributed by atoms with E-state index < -0.39 is 28.9 Å². The Hall–Kier alpha value is -3.82. The molecule has 1 heterocycles. The Bertz CT molecular complexity index is 1180. The van der Waals surface area contributed by atoms with Gasteiger partial charge < -0.3 is 10.6 Å². The molecule has 3 N–H and O–H groups in total. The average molecular weight is 418 g/mol. The van der Waals surface area contributed by atoms with Gasteiger partial charge in [0.1, 0.15) is 5.82 Å². The third kappa shape index (κ3) is 4.12. The van der Waals surface area contributed by atoms with Crippen molar-refractivity contribution in [2.45, 2.75) is 12.7 Å². The molecule has 0 aliphatic carbocycles. The van der Waals surface area contributed by atoms with Crippen LogP contribution < -0.4 is 21.9 Å². The second-order valence-electron chi connectivity index (χ2n) is 6.50. The third-order valence-electron chi connectivity index (χ3n) is 4.50. The highest BCUT2D eigenvalue weighted by molar-refractivity contribution is 6.06. The number of aromatic amines is 1. The number of hydrogen-bond donors (Lipinski definition) is 2. The van der Waals surface area contributed by atoms with Crippen LogP contribution in [0.5, 0.6) is 0 Å². The number of rotatable bonds is 4. The largest absolute Gasteiger partial charge is 0.416 e. The van der Waals surface area contributed by atoms with E-state index in [1.54, 1.807) is 30.3 Å². The number of H-pyrrole nitrogens is 1. The Morgan fingerprint density at radius 2 is 1.67 bits per heavy atom. The third-order valence-corrected chi connectivity index (χ3v) is 4.50. The maximum Gasteiger partial charge on any atom is 0.416 e. The van der Waals surface area contributed by atoms with E-state index in [-0.39, 0.29) is 23.6 Å². The van der Waals surface area contributed by atoms with Crippen LogP contribution in [-0.4, -0.2) is 22.5 Å². The molecule has 1 amide bonds. The first-order valence-electron chi connectivity index (χ1n) is 8.71. The molecule has 2 aromatic carbocycles. The number of benzene rings is 2. The second-order valence-corrected chi connectivity index (χ2v) is 6.50. The van der Waals surface area contributed by atoms with Gasteiger partial charge in [-0.15, -0.1) is 0 Å². The van der Waals surface area contributed by atoms with E-state index in [4.69, 9.17) is 5.73 Å². The summed E-state index contributed by atoms with van der Waals surface area (Å²) in [6, 6.07) is 12.4. The van der Waals surface area contributed by atoms with Crippen LogP contribution in [-0.2, 0) is 12.7 Å². The number of hydrogen-bond acceptors (Lipinski definition) is 4. The highest BCUT2D eigenvalue weighted by Gasteiger charge is 2.30. The Morgan fingerprint density at radius 1 is 1.07 bits per heavy atom. The number of anilines is 2. The normalized spacial score (nSPS) is 11.3. The minimum atomic E-state index is -4.54. The molecule has 0 aliphatic heterocycles. The maximum atomic E-state index is 12.7. The van der Waals surface area contributed by atoms with Gasteiger partial charge in [-0.05, 0) is 29.8 Å². The SMILES string of the molecule is CN(C(=O)c1ccc(C(F)(F)F)cc1)c1c(N)n(Cc2ccccc2)c(=O)[nH]c1=O. The van der Waals surface area contributed by atoms with Gasteiger partial charge in [0.25, 0.3) is 11.5 Å². The standard InChI is InChI=1S/C20H17F3N4O3/c1-26(18(29)13-7-9-14(10-8-13)20(21,22)23)15-16(24)27(19(30)25-17(15)28)11-12-5-3-2-4-6-12/h2-10H,11,24H2,1H3,(H,25,28,30). The molecular weight excluding hydrogens is 401 g/mol. The van der Waals surface area contributed by atoms with Gasteiger partial charge in [-0.1, -0.05) is 30.3 Å². The van der Waals surface area contributed by atoms with Gasteiger partial charge in [-0.2, -0.15) is 13.2 Å². The minimum absolute atomic E-state index is 0.0532. The monoisotopic (exact) mass is 418 g/mol. The number of nitrogens with one attached hydrogen (secondary N) is 1. The van der Waals surface area contributed by atoms with Crippen LogP contribution in [0, 0.1) is 0 Å². The number of alkyl halides is 3. The van der Waals surface area contributed by atoms with Crippen molar-refractivity contribution in [3.8, 4) is 0 Å². The van der Waals surface area contributed by atoms with E-state index in [9.17, 15) is 27.6 Å². The van der Waals surface area contributed by atoms with Gasteiger partial charge in [-0.25, -0.2) is 4.79 Å². The lowest BCUT2D eigenvalue weighted by Crippen LogP contribution is -2.39. The quantitative estimate of drug-likeness (QED) is 0.680. The molecule has 7 nitrogen and oxygen atoms in total. The van der Waals surface area contributed by atoms with Crippen molar-refractivity contribution >= 4 is 17.4 Å². The molecule has 0 fully saturated rings. The summed E-state index contributed by atoms with van der Waals surface area (Å²) >= 11 is 0. The van der Waals surface area contributed by atoms with Crippen molar-refractivity contribution in [3.63, 3.8) is 0 Å². The zero-order valence-electron chi connectivity index (χ0n) is 15.7. The smallest absolute Gasteiger partial charge is 0.383 e. The molecular formula is C20H17F3N4O3. The summed E-state index contributed by atoms with van der Waals surface area (Å²) in [5, 5.41) is 0. The van der Waals surface area contributed by atoms with Crippen molar-refractivity contribution < 1.29 is 18.0 Å². The number of carbonyl (C=O) groups is 1. The highest BCUT2D eigenvalue weighted by Crippen LogP contribution is 2.29. The molecule has 1 aromatic heterocycles. The van der Waals surface area contributed by atoms with Crippen LogP contribution in [0.15, 0.2) is 64.2 Å². The first kappa shape index (κ1) is 20.9. The van der Waals surface area contributed by atoms with Gasteiger partial charge >= 0.3 is 11.9 Å². The van der Waals surface area contributed by atoms with Crippen LogP contribution in [0.4, 0.5) is 24.7 Å². The van der Waals surface area contributed by atoms with Crippen molar-refractivity contribution in [2.24, 2.45) is 0 Å². The summed E-state index contributed by atoms with van der Waals surface area (Å²) in [6.07, 6.45) is -4.54. The van der Waals surface area contributed by atoms with Crippen molar-refractivity contribution in [1.82, 2.24) is 9.55 Å². The molecule has 0 saturated heterocycles.